The Kier molecular flexibility index (Phi) is 6.02. The standard InChI is InChI=1S/C17H29NO/c1-13-11-14(2)16(15(3)12-13)7-9-19-10-8-18-17(4,5)6/h11-12,18H,7-10H2,1-6H3. The molecule has 0 spiro atoms. The van der Waals surface area contributed by atoms with Crippen LogP contribution in [0.25, 0.3) is 0 Å². The lowest BCUT2D eigenvalue weighted by Gasteiger charge is -2.20. The first-order valence-electron chi connectivity index (χ1n) is 7.19. The molecule has 0 saturated carbocycles. The van der Waals surface area contributed by atoms with Gasteiger partial charge in [0.05, 0.1) is 13.2 Å². The SMILES string of the molecule is Cc1cc(C)c(CCOCCNC(C)(C)C)c(C)c1. The number of benzene rings is 1. The van der Waals surface area contributed by atoms with Crippen LogP contribution >= 0.6 is 0 Å². The number of aryl methyl sites for hydroxylation is 3. The van der Waals surface area contributed by atoms with E-state index in [-0.39, 0.29) is 5.54 Å². The Hall–Kier alpha value is -0.860. The zero-order valence-corrected chi connectivity index (χ0v) is 13.4. The molecule has 0 radical (unpaired) electrons. The van der Waals surface area contributed by atoms with E-state index in [0.717, 1.165) is 26.2 Å². The second kappa shape index (κ2) is 7.06. The Bertz CT molecular complexity index is 381. The van der Waals surface area contributed by atoms with E-state index in [1.165, 1.54) is 22.3 Å². The van der Waals surface area contributed by atoms with E-state index in [9.17, 15) is 0 Å². The molecule has 1 N–H and O–H groups in total. The summed E-state index contributed by atoms with van der Waals surface area (Å²) in [5, 5.41) is 3.43. The highest BCUT2D eigenvalue weighted by atomic mass is 16.5. The summed E-state index contributed by atoms with van der Waals surface area (Å²) >= 11 is 0. The Morgan fingerprint density at radius 3 is 2.11 bits per heavy atom. The van der Waals surface area contributed by atoms with Crippen molar-refractivity contribution in [3.8, 4) is 0 Å². The van der Waals surface area contributed by atoms with Crippen LogP contribution in [0, 0.1) is 20.8 Å². The van der Waals surface area contributed by atoms with Crippen LogP contribution in [0.3, 0.4) is 0 Å². The van der Waals surface area contributed by atoms with Crippen LogP contribution in [0.1, 0.15) is 43.0 Å². The van der Waals surface area contributed by atoms with Crippen molar-refractivity contribution >= 4 is 0 Å². The predicted molar refractivity (Wildman–Crippen MR) is 82.9 cm³/mol. The molecule has 1 aromatic carbocycles. The molecule has 0 amide bonds. The highest BCUT2D eigenvalue weighted by molar-refractivity contribution is 5.37. The molecule has 108 valence electrons. The third-order valence-corrected chi connectivity index (χ3v) is 3.24. The monoisotopic (exact) mass is 263 g/mol. The molecule has 0 heterocycles. The van der Waals surface area contributed by atoms with Gasteiger partial charge in [0.1, 0.15) is 0 Å². The van der Waals surface area contributed by atoms with Crippen LogP contribution in [-0.4, -0.2) is 25.3 Å². The summed E-state index contributed by atoms with van der Waals surface area (Å²) in [5.41, 5.74) is 5.72. The third-order valence-electron chi connectivity index (χ3n) is 3.24. The smallest absolute Gasteiger partial charge is 0.0591 e. The summed E-state index contributed by atoms with van der Waals surface area (Å²) in [7, 11) is 0. The van der Waals surface area contributed by atoms with Crippen LogP contribution in [-0.2, 0) is 11.2 Å². The van der Waals surface area contributed by atoms with Crippen molar-refractivity contribution in [3.63, 3.8) is 0 Å². The molecular formula is C17H29NO. The van der Waals surface area contributed by atoms with Gasteiger partial charge in [0, 0.05) is 12.1 Å². The van der Waals surface area contributed by atoms with Crippen molar-refractivity contribution < 1.29 is 4.74 Å². The van der Waals surface area contributed by atoms with Crippen molar-refractivity contribution in [2.24, 2.45) is 0 Å². The Balaban J connectivity index is 2.30. The van der Waals surface area contributed by atoms with E-state index in [1.54, 1.807) is 0 Å². The number of ether oxygens (including phenoxy) is 1. The number of hydrogen-bond donors (Lipinski definition) is 1. The van der Waals surface area contributed by atoms with E-state index >= 15 is 0 Å². The minimum atomic E-state index is 0.174. The fourth-order valence-electron chi connectivity index (χ4n) is 2.38. The fraction of sp³-hybridized carbons (Fsp3) is 0.647. The zero-order valence-electron chi connectivity index (χ0n) is 13.4. The minimum absolute atomic E-state index is 0.174. The summed E-state index contributed by atoms with van der Waals surface area (Å²) in [6.45, 7) is 15.5. The second-order valence-corrected chi connectivity index (χ2v) is 6.42. The van der Waals surface area contributed by atoms with E-state index in [4.69, 9.17) is 4.74 Å². The van der Waals surface area contributed by atoms with Crippen molar-refractivity contribution in [2.75, 3.05) is 19.8 Å². The molecule has 2 heteroatoms. The normalized spacial score (nSPS) is 11.9. The van der Waals surface area contributed by atoms with Crippen molar-refractivity contribution in [2.45, 2.75) is 53.5 Å². The lowest BCUT2D eigenvalue weighted by molar-refractivity contribution is 0.133. The summed E-state index contributed by atoms with van der Waals surface area (Å²) in [5.74, 6) is 0. The first-order chi connectivity index (χ1) is 8.79. The van der Waals surface area contributed by atoms with E-state index in [0.29, 0.717) is 0 Å². The van der Waals surface area contributed by atoms with Gasteiger partial charge in [0.25, 0.3) is 0 Å². The number of rotatable bonds is 6. The topological polar surface area (TPSA) is 21.3 Å². The van der Waals surface area contributed by atoms with Gasteiger partial charge in [-0.1, -0.05) is 17.7 Å². The van der Waals surface area contributed by atoms with Crippen LogP contribution in [0.4, 0.5) is 0 Å². The van der Waals surface area contributed by atoms with Crippen molar-refractivity contribution in [3.05, 3.63) is 34.4 Å². The molecule has 0 saturated heterocycles. The Labute approximate surface area is 118 Å². The van der Waals surface area contributed by atoms with Crippen molar-refractivity contribution in [1.82, 2.24) is 5.32 Å². The van der Waals surface area contributed by atoms with E-state index in [2.05, 4.69) is 59.0 Å². The molecule has 19 heavy (non-hydrogen) atoms. The molecule has 0 bridgehead atoms. The average molecular weight is 263 g/mol. The largest absolute Gasteiger partial charge is 0.380 e. The van der Waals surface area contributed by atoms with Crippen LogP contribution < -0.4 is 5.32 Å². The van der Waals surface area contributed by atoms with E-state index in [1.807, 2.05) is 0 Å². The number of hydrogen-bond acceptors (Lipinski definition) is 2. The second-order valence-electron chi connectivity index (χ2n) is 6.42. The van der Waals surface area contributed by atoms with Crippen molar-refractivity contribution in [1.29, 1.82) is 0 Å². The van der Waals surface area contributed by atoms with Gasteiger partial charge >= 0.3 is 0 Å². The average Bonchev–Trinajstić information content (AvgIpc) is 2.24. The maximum Gasteiger partial charge on any atom is 0.0591 e. The Morgan fingerprint density at radius 2 is 1.58 bits per heavy atom. The highest BCUT2D eigenvalue weighted by Crippen LogP contribution is 2.16. The minimum Gasteiger partial charge on any atom is -0.380 e. The number of nitrogens with one attached hydrogen (secondary N) is 1. The van der Waals surface area contributed by atoms with Gasteiger partial charge in [-0.2, -0.15) is 0 Å². The van der Waals surface area contributed by atoms with Gasteiger partial charge in [-0.25, -0.2) is 0 Å². The molecule has 0 aliphatic heterocycles. The first-order valence-corrected chi connectivity index (χ1v) is 7.19. The highest BCUT2D eigenvalue weighted by Gasteiger charge is 2.07. The maximum atomic E-state index is 5.71. The quantitative estimate of drug-likeness (QED) is 0.792. The van der Waals surface area contributed by atoms with Crippen LogP contribution in [0.2, 0.25) is 0 Å². The molecule has 0 unspecified atom stereocenters. The zero-order chi connectivity index (χ0) is 14.5. The molecule has 0 aliphatic carbocycles. The van der Waals surface area contributed by atoms with Crippen LogP contribution in [0.5, 0.6) is 0 Å². The van der Waals surface area contributed by atoms with Gasteiger partial charge < -0.3 is 10.1 Å². The maximum absolute atomic E-state index is 5.71. The summed E-state index contributed by atoms with van der Waals surface area (Å²) in [4.78, 5) is 0. The van der Waals surface area contributed by atoms with Gasteiger partial charge in [0.2, 0.25) is 0 Å². The Morgan fingerprint density at radius 1 is 1.00 bits per heavy atom. The lowest BCUT2D eigenvalue weighted by Crippen LogP contribution is -2.38. The summed E-state index contributed by atoms with van der Waals surface area (Å²) in [6.07, 6.45) is 1.01. The molecule has 2 nitrogen and oxygen atoms in total. The summed E-state index contributed by atoms with van der Waals surface area (Å²) < 4.78 is 5.71. The lowest BCUT2D eigenvalue weighted by atomic mass is 9.98. The molecule has 0 fully saturated rings. The fourth-order valence-corrected chi connectivity index (χ4v) is 2.38. The molecular weight excluding hydrogens is 234 g/mol. The molecule has 0 atom stereocenters. The molecule has 1 aromatic rings. The predicted octanol–water partition coefficient (Wildman–Crippen LogP) is 3.56. The van der Waals surface area contributed by atoms with Gasteiger partial charge in [-0.3, -0.25) is 0 Å². The van der Waals surface area contributed by atoms with Gasteiger partial charge in [-0.15, -0.1) is 0 Å². The summed E-state index contributed by atoms with van der Waals surface area (Å²) in [6, 6.07) is 4.51. The third kappa shape index (κ3) is 6.22. The van der Waals surface area contributed by atoms with Gasteiger partial charge in [-0.05, 0) is 64.7 Å². The van der Waals surface area contributed by atoms with Crippen LogP contribution in [0.15, 0.2) is 12.1 Å². The first kappa shape index (κ1) is 16.2. The van der Waals surface area contributed by atoms with Gasteiger partial charge in [0.15, 0.2) is 0 Å². The van der Waals surface area contributed by atoms with E-state index < -0.39 is 0 Å². The molecule has 1 rings (SSSR count). The molecule has 0 aromatic heterocycles. The molecule has 0 aliphatic rings.